The fourth-order valence-corrected chi connectivity index (χ4v) is 11.1. The minimum atomic E-state index is -1.42. The van der Waals surface area contributed by atoms with Crippen LogP contribution in [0.25, 0.3) is 0 Å². The van der Waals surface area contributed by atoms with Gasteiger partial charge in [-0.05, 0) is 0 Å². The van der Waals surface area contributed by atoms with Crippen LogP contribution in [0.5, 0.6) is 0 Å². The third-order valence-electron chi connectivity index (χ3n) is 9.40. The summed E-state index contributed by atoms with van der Waals surface area (Å²) in [4.78, 5) is 0. The number of hydrogen-bond donors (Lipinski definition) is 0. The first-order valence-corrected chi connectivity index (χ1v) is 25.4. The van der Waals surface area contributed by atoms with Crippen molar-refractivity contribution >= 4 is 26.3 Å². The second kappa shape index (κ2) is 30.2. The zero-order valence-corrected chi connectivity index (χ0v) is 31.9. The summed E-state index contributed by atoms with van der Waals surface area (Å²) in [7, 11) is 0. The number of rotatable bonds is 34. The van der Waals surface area contributed by atoms with Crippen molar-refractivity contribution in [3.63, 3.8) is 0 Å². The first-order valence-electron chi connectivity index (χ1n) is 19.1. The molecule has 40 heavy (non-hydrogen) atoms. The minimum Gasteiger partial charge on any atom is -0.0654 e. The quantitative estimate of drug-likeness (QED) is 0.0357. The molecule has 0 saturated carbocycles. The summed E-state index contributed by atoms with van der Waals surface area (Å²) in [6, 6.07) is 0. The van der Waals surface area contributed by atoms with E-state index in [4.69, 9.17) is 0 Å². The van der Waals surface area contributed by atoms with E-state index in [1.54, 1.807) is 0 Å². The Hall–Kier alpha value is 1.16. The zero-order valence-electron chi connectivity index (χ0n) is 28.9. The van der Waals surface area contributed by atoms with Crippen LogP contribution in [0.3, 0.4) is 0 Å². The average Bonchev–Trinajstić information content (AvgIpc) is 2.92. The van der Waals surface area contributed by atoms with Gasteiger partial charge in [0.15, 0.2) is 0 Å². The second-order valence-electron chi connectivity index (χ2n) is 14.6. The molecule has 0 aliphatic rings. The van der Waals surface area contributed by atoms with E-state index < -0.39 is 4.25 Å². The number of halogens is 1. The smallest absolute Gasteiger partial charge is 0.0654 e. The topological polar surface area (TPSA) is 0 Å². The van der Waals surface area contributed by atoms with Crippen molar-refractivity contribution in [2.45, 2.75) is 219 Å². The molecule has 0 unspecified atom stereocenters. The molecule has 0 aromatic carbocycles. The van der Waals surface area contributed by atoms with Crippen LogP contribution in [-0.2, 0) is 0 Å². The standard InChI is InChI=1S/C38H80IP/c1-5-7-9-11-13-15-17-19-21-23-25-27-29-31-33-35-37-40(3,4,39)38-36-34-32-30-28-26-24-22-20-18-16-14-12-10-8-6-2/h5-38H2,1-4H3. The van der Waals surface area contributed by atoms with E-state index in [1.165, 1.54) is 218 Å². The van der Waals surface area contributed by atoms with Crippen LogP contribution >= 0.6 is 26.3 Å². The van der Waals surface area contributed by atoms with Gasteiger partial charge in [-0.3, -0.25) is 0 Å². The van der Waals surface area contributed by atoms with Crippen molar-refractivity contribution in [3.05, 3.63) is 0 Å². The van der Waals surface area contributed by atoms with Crippen LogP contribution in [-0.4, -0.2) is 25.7 Å². The molecule has 0 nitrogen and oxygen atoms in total. The Labute approximate surface area is 270 Å². The van der Waals surface area contributed by atoms with Crippen LogP contribution in [0, 0.1) is 0 Å². The van der Waals surface area contributed by atoms with Gasteiger partial charge >= 0.3 is 193 Å². The summed E-state index contributed by atoms with van der Waals surface area (Å²) in [5.74, 6) is 0. The molecule has 0 saturated heterocycles. The molecule has 0 radical (unpaired) electrons. The minimum absolute atomic E-state index is 1.37. The Kier molecular flexibility index (Phi) is 31.1. The third-order valence-corrected chi connectivity index (χ3v) is 15.7. The second-order valence-corrected chi connectivity index (χ2v) is 30.4. The summed E-state index contributed by atoms with van der Waals surface area (Å²) in [6.45, 7) is 9.96. The molecule has 0 rings (SSSR count). The predicted molar refractivity (Wildman–Crippen MR) is 202 cm³/mol. The van der Waals surface area contributed by atoms with Crippen LogP contribution < -0.4 is 0 Å². The normalized spacial score (nSPS) is 13.1. The molecule has 0 spiro atoms. The van der Waals surface area contributed by atoms with Crippen molar-refractivity contribution < 1.29 is 0 Å². The molecule has 0 bridgehead atoms. The van der Waals surface area contributed by atoms with Crippen molar-refractivity contribution in [1.29, 1.82) is 0 Å². The molecule has 0 fully saturated rings. The summed E-state index contributed by atoms with van der Waals surface area (Å²) in [5, 5.41) is 0. The Morgan fingerprint density at radius 1 is 0.275 bits per heavy atom. The predicted octanol–water partition coefficient (Wildman–Crippen LogP) is 15.7. The Morgan fingerprint density at radius 2 is 0.425 bits per heavy atom. The Morgan fingerprint density at radius 3 is 0.600 bits per heavy atom. The molecule has 0 aliphatic heterocycles. The van der Waals surface area contributed by atoms with Crippen LogP contribution in [0.1, 0.15) is 219 Å². The zero-order chi connectivity index (χ0) is 29.5. The fraction of sp³-hybridized carbons (Fsp3) is 1.00. The molecule has 0 amide bonds. The van der Waals surface area contributed by atoms with Gasteiger partial charge in [0.05, 0.1) is 0 Å². The van der Waals surface area contributed by atoms with Crippen molar-refractivity contribution in [2.75, 3.05) is 25.7 Å². The van der Waals surface area contributed by atoms with E-state index in [0.29, 0.717) is 0 Å². The first-order chi connectivity index (χ1) is 19.4. The number of hydrogen-bond acceptors (Lipinski definition) is 0. The van der Waals surface area contributed by atoms with Crippen LogP contribution in [0.15, 0.2) is 0 Å². The molecule has 2 heteroatoms. The molecular formula is C38H80IP. The van der Waals surface area contributed by atoms with Gasteiger partial charge in [0, 0.05) is 0 Å². The van der Waals surface area contributed by atoms with Gasteiger partial charge in [0.25, 0.3) is 0 Å². The van der Waals surface area contributed by atoms with E-state index >= 15 is 0 Å². The SMILES string of the molecule is CCCCCCCCCCCCCCCCCCP(C)(C)(I)CCCCCCCCCCCCCCCCCC. The van der Waals surface area contributed by atoms with E-state index in [9.17, 15) is 0 Å². The van der Waals surface area contributed by atoms with Crippen LogP contribution in [0.2, 0.25) is 0 Å². The third kappa shape index (κ3) is 33.7. The van der Waals surface area contributed by atoms with Crippen molar-refractivity contribution in [1.82, 2.24) is 0 Å². The maximum absolute atomic E-state index is 2.94. The summed E-state index contributed by atoms with van der Waals surface area (Å²) < 4.78 is -1.42. The van der Waals surface area contributed by atoms with Crippen molar-refractivity contribution in [2.24, 2.45) is 0 Å². The molecule has 0 heterocycles. The van der Waals surface area contributed by atoms with Crippen molar-refractivity contribution in [3.8, 4) is 0 Å². The van der Waals surface area contributed by atoms with Gasteiger partial charge in [-0.15, -0.1) is 0 Å². The molecule has 0 N–H and O–H groups in total. The van der Waals surface area contributed by atoms with Gasteiger partial charge < -0.3 is 0 Å². The molecule has 0 aromatic rings. The molecule has 0 atom stereocenters. The molecule has 0 aromatic heterocycles. The van der Waals surface area contributed by atoms with Gasteiger partial charge in [-0.1, -0.05) is 78.1 Å². The summed E-state index contributed by atoms with van der Waals surface area (Å²) >= 11 is 2.94. The number of unbranched alkanes of at least 4 members (excludes halogenated alkanes) is 30. The van der Waals surface area contributed by atoms with Gasteiger partial charge in [0.1, 0.15) is 0 Å². The van der Waals surface area contributed by atoms with E-state index in [-0.39, 0.29) is 0 Å². The van der Waals surface area contributed by atoms with E-state index in [1.807, 2.05) is 0 Å². The van der Waals surface area contributed by atoms with E-state index in [0.717, 1.165) is 0 Å². The van der Waals surface area contributed by atoms with Gasteiger partial charge in [-0.25, -0.2) is 0 Å². The van der Waals surface area contributed by atoms with Gasteiger partial charge in [0.2, 0.25) is 0 Å². The molecule has 0 aliphatic carbocycles. The van der Waals surface area contributed by atoms with E-state index in [2.05, 4.69) is 49.2 Å². The summed E-state index contributed by atoms with van der Waals surface area (Å²) in [5.41, 5.74) is 0. The molecule has 244 valence electrons. The Balaban J connectivity index is 3.40. The maximum atomic E-state index is 2.94. The summed E-state index contributed by atoms with van der Waals surface area (Å²) in [6.07, 6.45) is 50.3. The van der Waals surface area contributed by atoms with Gasteiger partial charge in [-0.2, -0.15) is 0 Å². The monoisotopic (exact) mass is 695 g/mol. The molecular weight excluding hydrogens is 614 g/mol. The first kappa shape index (κ1) is 41.2. The average molecular weight is 695 g/mol. The fourth-order valence-electron chi connectivity index (χ4n) is 6.41. The van der Waals surface area contributed by atoms with Crippen LogP contribution in [0.4, 0.5) is 0 Å². The Bertz CT molecular complexity index is 440.